The van der Waals surface area contributed by atoms with Crippen LogP contribution in [-0.4, -0.2) is 50.8 Å². The smallest absolute Gasteiger partial charge is 0.191 e. The van der Waals surface area contributed by atoms with Crippen LogP contribution in [0.4, 0.5) is 4.39 Å². The lowest BCUT2D eigenvalue weighted by atomic mass is 9.96. The summed E-state index contributed by atoms with van der Waals surface area (Å²) in [5.74, 6) is 0.606. The van der Waals surface area contributed by atoms with E-state index in [9.17, 15) is 4.39 Å². The molecule has 0 spiro atoms. The molecule has 0 unspecified atom stereocenters. The largest absolute Gasteiger partial charge is 0.379 e. The molecule has 31 heavy (non-hydrogen) atoms. The highest BCUT2D eigenvalue weighted by atomic mass is 127. The van der Waals surface area contributed by atoms with Crippen molar-refractivity contribution in [1.82, 2.24) is 15.5 Å². The summed E-state index contributed by atoms with van der Waals surface area (Å²) in [5, 5.41) is 6.85. The van der Waals surface area contributed by atoms with Gasteiger partial charge in [-0.1, -0.05) is 36.4 Å². The average Bonchev–Trinajstić information content (AvgIpc) is 3.56. The first-order chi connectivity index (χ1) is 14.7. The molecule has 0 atom stereocenters. The third-order valence-electron chi connectivity index (χ3n) is 6.07. The summed E-state index contributed by atoms with van der Waals surface area (Å²) >= 11 is 0. The Bertz CT molecular complexity index is 881. The fourth-order valence-corrected chi connectivity index (χ4v) is 4.05. The maximum absolute atomic E-state index is 13.6. The molecule has 2 N–H and O–H groups in total. The zero-order valence-corrected chi connectivity index (χ0v) is 20.4. The van der Waals surface area contributed by atoms with Crippen LogP contribution < -0.4 is 10.6 Å². The van der Waals surface area contributed by atoms with Crippen molar-refractivity contribution in [3.8, 4) is 0 Å². The molecular weight excluding hydrogens is 506 g/mol. The van der Waals surface area contributed by atoms with Crippen LogP contribution in [0.5, 0.6) is 0 Å². The monoisotopic (exact) mass is 538 g/mol. The van der Waals surface area contributed by atoms with E-state index in [4.69, 9.17) is 4.74 Å². The number of morpholine rings is 1. The first-order valence-corrected chi connectivity index (χ1v) is 10.8. The van der Waals surface area contributed by atoms with Gasteiger partial charge in [0.25, 0.3) is 0 Å². The molecular formula is C24H32FIN4O. The molecule has 0 aromatic heterocycles. The topological polar surface area (TPSA) is 48.9 Å². The maximum atomic E-state index is 13.6. The summed E-state index contributed by atoms with van der Waals surface area (Å²) in [4.78, 5) is 6.79. The van der Waals surface area contributed by atoms with Crippen LogP contribution in [0.1, 0.15) is 29.5 Å². The van der Waals surface area contributed by atoms with Crippen LogP contribution in [-0.2, 0) is 23.2 Å². The van der Waals surface area contributed by atoms with Gasteiger partial charge in [0.15, 0.2) is 5.96 Å². The van der Waals surface area contributed by atoms with E-state index in [1.165, 1.54) is 17.2 Å². The van der Waals surface area contributed by atoms with E-state index >= 15 is 0 Å². The predicted molar refractivity (Wildman–Crippen MR) is 133 cm³/mol. The molecule has 1 aliphatic carbocycles. The molecule has 0 amide bonds. The van der Waals surface area contributed by atoms with Crippen LogP contribution in [0.3, 0.4) is 0 Å². The van der Waals surface area contributed by atoms with Crippen molar-refractivity contribution in [3.63, 3.8) is 0 Å². The van der Waals surface area contributed by atoms with E-state index in [0.29, 0.717) is 6.54 Å². The van der Waals surface area contributed by atoms with Crippen LogP contribution in [0, 0.1) is 5.82 Å². The van der Waals surface area contributed by atoms with Gasteiger partial charge in [-0.15, -0.1) is 24.0 Å². The van der Waals surface area contributed by atoms with Crippen molar-refractivity contribution in [1.29, 1.82) is 0 Å². The third kappa shape index (κ3) is 6.63. The van der Waals surface area contributed by atoms with Gasteiger partial charge >= 0.3 is 0 Å². The van der Waals surface area contributed by atoms with Crippen molar-refractivity contribution in [3.05, 3.63) is 71.0 Å². The van der Waals surface area contributed by atoms with Crippen LogP contribution >= 0.6 is 24.0 Å². The number of aliphatic imine (C=N–C) groups is 1. The Morgan fingerprint density at radius 3 is 2.52 bits per heavy atom. The number of halogens is 2. The molecule has 4 rings (SSSR count). The highest BCUT2D eigenvalue weighted by Crippen LogP contribution is 2.47. The Hall–Kier alpha value is -1.71. The predicted octanol–water partition coefficient (Wildman–Crippen LogP) is 3.67. The number of guanidine groups is 1. The molecule has 1 heterocycles. The summed E-state index contributed by atoms with van der Waals surface area (Å²) in [7, 11) is 1.78. The fraction of sp³-hybridized carbons (Fsp3) is 0.458. The number of hydrogen-bond acceptors (Lipinski definition) is 3. The quantitative estimate of drug-likeness (QED) is 0.321. The molecule has 7 heteroatoms. The summed E-state index contributed by atoms with van der Waals surface area (Å²) in [6.07, 6.45) is 2.15. The molecule has 1 aliphatic heterocycles. The first-order valence-electron chi connectivity index (χ1n) is 10.8. The molecule has 2 aromatic carbocycles. The highest BCUT2D eigenvalue weighted by Gasteiger charge is 2.44. The average molecular weight is 538 g/mol. The summed E-state index contributed by atoms with van der Waals surface area (Å²) in [5.41, 5.74) is 3.65. The molecule has 2 aromatic rings. The van der Waals surface area contributed by atoms with E-state index in [-0.39, 0.29) is 35.2 Å². The second kappa shape index (κ2) is 11.2. The van der Waals surface area contributed by atoms with E-state index < -0.39 is 0 Å². The van der Waals surface area contributed by atoms with Crippen molar-refractivity contribution in [2.75, 3.05) is 39.9 Å². The standard InChI is InChI=1S/C24H31FN4O.HI/c1-26-23(28-18-24(8-9-24)21-6-3-7-22(25)15-21)27-16-19-4-2-5-20(14-19)17-29-10-12-30-13-11-29;/h2-7,14-15H,8-13,16-18H2,1H3,(H2,26,27,28);1H. The Morgan fingerprint density at radius 1 is 1.06 bits per heavy atom. The Kier molecular flexibility index (Phi) is 8.68. The van der Waals surface area contributed by atoms with E-state index in [1.807, 2.05) is 6.07 Å². The van der Waals surface area contributed by atoms with Gasteiger partial charge in [0.05, 0.1) is 13.2 Å². The molecule has 0 bridgehead atoms. The zero-order valence-electron chi connectivity index (χ0n) is 18.1. The van der Waals surface area contributed by atoms with Gasteiger partial charge in [0, 0.05) is 45.2 Å². The second-order valence-corrected chi connectivity index (χ2v) is 8.28. The molecule has 2 fully saturated rings. The number of nitrogens with one attached hydrogen (secondary N) is 2. The van der Waals surface area contributed by atoms with Crippen molar-refractivity contribution in [2.24, 2.45) is 4.99 Å². The lowest BCUT2D eigenvalue weighted by Gasteiger charge is -2.26. The van der Waals surface area contributed by atoms with Crippen molar-refractivity contribution >= 4 is 29.9 Å². The second-order valence-electron chi connectivity index (χ2n) is 8.28. The van der Waals surface area contributed by atoms with E-state index in [0.717, 1.165) is 63.8 Å². The number of hydrogen-bond donors (Lipinski definition) is 2. The van der Waals surface area contributed by atoms with E-state index in [1.54, 1.807) is 19.2 Å². The molecule has 168 valence electrons. The van der Waals surface area contributed by atoms with Crippen molar-refractivity contribution < 1.29 is 9.13 Å². The number of nitrogens with zero attached hydrogens (tertiary/aromatic N) is 2. The Labute approximate surface area is 201 Å². The highest BCUT2D eigenvalue weighted by molar-refractivity contribution is 14.0. The van der Waals surface area contributed by atoms with Crippen LogP contribution in [0.25, 0.3) is 0 Å². The normalized spacial score (nSPS) is 18.2. The number of rotatable bonds is 7. The van der Waals surface area contributed by atoms with E-state index in [2.05, 4.69) is 44.8 Å². The van der Waals surface area contributed by atoms with Crippen LogP contribution in [0.15, 0.2) is 53.5 Å². The molecule has 1 saturated carbocycles. The van der Waals surface area contributed by atoms with Gasteiger partial charge in [0.2, 0.25) is 0 Å². The Morgan fingerprint density at radius 2 is 1.81 bits per heavy atom. The summed E-state index contributed by atoms with van der Waals surface area (Å²) in [6, 6.07) is 15.7. The van der Waals surface area contributed by atoms with Gasteiger partial charge < -0.3 is 15.4 Å². The third-order valence-corrected chi connectivity index (χ3v) is 6.07. The van der Waals surface area contributed by atoms with Gasteiger partial charge in [-0.2, -0.15) is 0 Å². The number of ether oxygens (including phenoxy) is 1. The summed E-state index contributed by atoms with van der Waals surface area (Å²) < 4.78 is 19.0. The van der Waals surface area contributed by atoms with Gasteiger partial charge in [-0.3, -0.25) is 9.89 Å². The molecule has 2 aliphatic rings. The maximum Gasteiger partial charge on any atom is 0.191 e. The minimum Gasteiger partial charge on any atom is -0.379 e. The Balaban J connectivity index is 0.00000272. The van der Waals surface area contributed by atoms with Crippen molar-refractivity contribution in [2.45, 2.75) is 31.3 Å². The molecule has 5 nitrogen and oxygen atoms in total. The van der Waals surface area contributed by atoms with Gasteiger partial charge in [-0.25, -0.2) is 4.39 Å². The SMILES string of the molecule is CN=C(NCc1cccc(CN2CCOCC2)c1)NCC1(c2cccc(F)c2)CC1.I. The fourth-order valence-electron chi connectivity index (χ4n) is 4.05. The first kappa shape index (κ1) is 23.9. The van der Waals surface area contributed by atoms with Gasteiger partial charge in [-0.05, 0) is 41.7 Å². The minimum atomic E-state index is -0.168. The summed E-state index contributed by atoms with van der Waals surface area (Å²) in [6.45, 7) is 6.05. The van der Waals surface area contributed by atoms with Gasteiger partial charge in [0.1, 0.15) is 5.82 Å². The lowest BCUT2D eigenvalue weighted by Crippen LogP contribution is -2.41. The number of benzene rings is 2. The molecule has 1 saturated heterocycles. The minimum absolute atomic E-state index is 0. The lowest BCUT2D eigenvalue weighted by molar-refractivity contribution is 0.0342. The molecule has 0 radical (unpaired) electrons. The zero-order chi connectivity index (χ0) is 20.8. The van der Waals surface area contributed by atoms with Crippen LogP contribution in [0.2, 0.25) is 0 Å².